The molecule has 0 saturated carbocycles. The lowest BCUT2D eigenvalue weighted by molar-refractivity contribution is 0.111. The van der Waals surface area contributed by atoms with Crippen LogP contribution in [0.15, 0.2) is 39.9 Å². The molecule has 150 valence electrons. The average Bonchev–Trinajstić information content (AvgIpc) is 2.73. The number of aldehydes is 1. The van der Waals surface area contributed by atoms with Crippen LogP contribution >= 0.6 is 0 Å². The maximum absolute atomic E-state index is 12.1. The first kappa shape index (κ1) is 19.9. The largest absolute Gasteiger partial charge is 0.493 e. The number of hydrogen-bond donors (Lipinski definition) is 0. The van der Waals surface area contributed by atoms with Crippen LogP contribution in [0.5, 0.6) is 5.75 Å². The molecule has 0 unspecified atom stereocenters. The Kier molecular flexibility index (Phi) is 6.30. The van der Waals surface area contributed by atoms with Gasteiger partial charge < -0.3 is 9.64 Å². The molecule has 1 fully saturated rings. The number of nitrogens with zero attached hydrogens (tertiary/aromatic N) is 4. The average molecular weight is 386 g/mol. The fourth-order valence-electron chi connectivity index (χ4n) is 3.40. The Hall–Kier alpha value is -2.87. The minimum atomic E-state index is -0.308. The maximum atomic E-state index is 12.1. The van der Waals surface area contributed by atoms with Crippen LogP contribution in [-0.2, 0) is 14.1 Å². The van der Waals surface area contributed by atoms with E-state index < -0.39 is 0 Å². The molecule has 2 aromatic rings. The zero-order chi connectivity index (χ0) is 20.1. The molecule has 1 aromatic heterocycles. The summed E-state index contributed by atoms with van der Waals surface area (Å²) in [5.41, 5.74) is -0.0262. The van der Waals surface area contributed by atoms with Gasteiger partial charge in [0, 0.05) is 52.9 Å². The lowest BCUT2D eigenvalue weighted by Gasteiger charge is -2.36. The van der Waals surface area contributed by atoms with E-state index in [0.29, 0.717) is 23.7 Å². The number of carbonyl (C=O) groups is 1. The predicted molar refractivity (Wildman–Crippen MR) is 108 cm³/mol. The van der Waals surface area contributed by atoms with Gasteiger partial charge in [-0.2, -0.15) is 0 Å². The molecule has 0 spiro atoms. The lowest BCUT2D eigenvalue weighted by atomic mass is 10.2. The van der Waals surface area contributed by atoms with Gasteiger partial charge in [0.05, 0.1) is 12.2 Å². The minimum absolute atomic E-state index is 0.284. The molecule has 8 nitrogen and oxygen atoms in total. The Morgan fingerprint density at radius 3 is 2.46 bits per heavy atom. The van der Waals surface area contributed by atoms with Crippen molar-refractivity contribution in [2.24, 2.45) is 14.1 Å². The van der Waals surface area contributed by atoms with Gasteiger partial charge in [-0.3, -0.25) is 23.6 Å². The Morgan fingerprint density at radius 2 is 1.75 bits per heavy atom. The maximum Gasteiger partial charge on any atom is 0.332 e. The first-order valence-electron chi connectivity index (χ1n) is 9.42. The molecule has 0 atom stereocenters. The molecule has 0 bridgehead atoms. The Labute approximate surface area is 163 Å². The monoisotopic (exact) mass is 386 g/mol. The third-order valence-corrected chi connectivity index (χ3v) is 5.12. The minimum Gasteiger partial charge on any atom is -0.493 e. The molecule has 2 heterocycles. The molecular formula is C20H26N4O4. The van der Waals surface area contributed by atoms with E-state index in [4.69, 9.17) is 4.74 Å². The van der Waals surface area contributed by atoms with Gasteiger partial charge in [0.1, 0.15) is 11.6 Å². The summed E-state index contributed by atoms with van der Waals surface area (Å²) in [4.78, 5) is 39.5. The molecule has 8 heteroatoms. The molecule has 0 aliphatic carbocycles. The normalized spacial score (nSPS) is 14.9. The first-order chi connectivity index (χ1) is 13.5. The zero-order valence-electron chi connectivity index (χ0n) is 16.3. The highest BCUT2D eigenvalue weighted by Crippen LogP contribution is 2.16. The number of piperazine rings is 1. The molecule has 0 N–H and O–H groups in total. The van der Waals surface area contributed by atoms with Crippen LogP contribution in [0.3, 0.4) is 0 Å². The molecular weight excluding hydrogens is 360 g/mol. The van der Waals surface area contributed by atoms with Gasteiger partial charge in [-0.1, -0.05) is 12.1 Å². The SMILES string of the molecule is Cn1c(N2CCN(CCCOc3ccccc3C=O)CC2)cc(=O)n(C)c1=O. The number of ether oxygens (including phenoxy) is 1. The van der Waals surface area contributed by atoms with E-state index in [0.717, 1.165) is 50.0 Å². The van der Waals surface area contributed by atoms with Crippen LogP contribution in [0.2, 0.25) is 0 Å². The van der Waals surface area contributed by atoms with Crippen molar-refractivity contribution in [2.75, 3.05) is 44.2 Å². The fraction of sp³-hybridized carbons (Fsp3) is 0.450. The number of hydrogen-bond acceptors (Lipinski definition) is 6. The highest BCUT2D eigenvalue weighted by molar-refractivity contribution is 5.79. The van der Waals surface area contributed by atoms with Gasteiger partial charge in [0.25, 0.3) is 5.56 Å². The van der Waals surface area contributed by atoms with Crippen LogP contribution in [0.4, 0.5) is 5.82 Å². The molecule has 0 radical (unpaired) electrons. The summed E-state index contributed by atoms with van der Waals surface area (Å²) in [6.45, 7) is 4.67. The van der Waals surface area contributed by atoms with E-state index in [1.165, 1.54) is 17.7 Å². The number of aromatic nitrogens is 2. The van der Waals surface area contributed by atoms with Crippen molar-refractivity contribution in [3.8, 4) is 5.75 Å². The van der Waals surface area contributed by atoms with E-state index >= 15 is 0 Å². The van der Waals surface area contributed by atoms with E-state index in [1.54, 1.807) is 19.2 Å². The van der Waals surface area contributed by atoms with Crippen molar-refractivity contribution in [3.05, 3.63) is 56.7 Å². The Bertz CT molecular complexity index is 942. The second kappa shape index (κ2) is 8.88. The number of para-hydroxylation sites is 1. The summed E-state index contributed by atoms with van der Waals surface area (Å²) < 4.78 is 8.36. The number of anilines is 1. The summed E-state index contributed by atoms with van der Waals surface area (Å²) in [7, 11) is 3.18. The number of benzene rings is 1. The lowest BCUT2D eigenvalue weighted by Crippen LogP contribution is -2.49. The Morgan fingerprint density at radius 1 is 1.04 bits per heavy atom. The van der Waals surface area contributed by atoms with Gasteiger partial charge in [-0.15, -0.1) is 0 Å². The van der Waals surface area contributed by atoms with E-state index in [1.807, 2.05) is 12.1 Å². The Balaban J connectivity index is 1.48. The molecule has 0 amide bonds. The zero-order valence-corrected chi connectivity index (χ0v) is 16.3. The van der Waals surface area contributed by atoms with E-state index in [9.17, 15) is 14.4 Å². The summed E-state index contributed by atoms with van der Waals surface area (Å²) in [5, 5.41) is 0. The third kappa shape index (κ3) is 4.33. The molecule has 28 heavy (non-hydrogen) atoms. The first-order valence-corrected chi connectivity index (χ1v) is 9.42. The van der Waals surface area contributed by atoms with Crippen LogP contribution in [0.1, 0.15) is 16.8 Å². The summed E-state index contributed by atoms with van der Waals surface area (Å²) >= 11 is 0. The van der Waals surface area contributed by atoms with Gasteiger partial charge in [-0.25, -0.2) is 4.79 Å². The number of carbonyl (C=O) groups excluding carboxylic acids is 1. The molecule has 1 aliphatic rings. The standard InChI is InChI=1S/C20H26N4O4/c1-21-18(14-19(26)22(2)20(21)27)24-11-9-23(10-12-24)8-5-13-28-17-7-4-3-6-16(17)15-25/h3-4,6-7,14-15H,5,8-13H2,1-2H3. The van der Waals surface area contributed by atoms with Gasteiger partial charge in [-0.05, 0) is 18.6 Å². The number of rotatable bonds is 7. The molecule has 1 saturated heterocycles. The smallest absolute Gasteiger partial charge is 0.332 e. The third-order valence-electron chi connectivity index (χ3n) is 5.12. The van der Waals surface area contributed by atoms with Gasteiger partial charge in [0.2, 0.25) is 0 Å². The van der Waals surface area contributed by atoms with Crippen LogP contribution < -0.4 is 20.9 Å². The van der Waals surface area contributed by atoms with E-state index in [2.05, 4.69) is 9.80 Å². The summed E-state index contributed by atoms with van der Waals surface area (Å²) in [5.74, 6) is 1.29. The molecule has 1 aliphatic heterocycles. The fourth-order valence-corrected chi connectivity index (χ4v) is 3.40. The van der Waals surface area contributed by atoms with Crippen LogP contribution in [-0.4, -0.2) is 59.7 Å². The van der Waals surface area contributed by atoms with Crippen LogP contribution in [0.25, 0.3) is 0 Å². The van der Waals surface area contributed by atoms with Crippen molar-refractivity contribution < 1.29 is 9.53 Å². The van der Waals surface area contributed by atoms with E-state index in [-0.39, 0.29) is 11.2 Å². The highest BCUT2D eigenvalue weighted by atomic mass is 16.5. The van der Waals surface area contributed by atoms with Crippen molar-refractivity contribution in [1.29, 1.82) is 0 Å². The quantitative estimate of drug-likeness (QED) is 0.509. The molecule has 3 rings (SSSR count). The van der Waals surface area contributed by atoms with Crippen molar-refractivity contribution in [3.63, 3.8) is 0 Å². The second-order valence-corrected chi connectivity index (χ2v) is 6.93. The second-order valence-electron chi connectivity index (χ2n) is 6.93. The topological polar surface area (TPSA) is 76.8 Å². The van der Waals surface area contributed by atoms with Gasteiger partial charge >= 0.3 is 5.69 Å². The summed E-state index contributed by atoms with van der Waals surface area (Å²) in [6, 6.07) is 8.73. The summed E-state index contributed by atoms with van der Waals surface area (Å²) in [6.07, 6.45) is 1.66. The van der Waals surface area contributed by atoms with Gasteiger partial charge in [0.15, 0.2) is 6.29 Å². The van der Waals surface area contributed by atoms with Crippen molar-refractivity contribution in [2.45, 2.75) is 6.42 Å². The van der Waals surface area contributed by atoms with Crippen molar-refractivity contribution >= 4 is 12.1 Å². The predicted octanol–water partition coefficient (Wildman–Crippen LogP) is 0.488. The molecule has 1 aromatic carbocycles. The van der Waals surface area contributed by atoms with Crippen molar-refractivity contribution in [1.82, 2.24) is 14.0 Å². The highest BCUT2D eigenvalue weighted by Gasteiger charge is 2.20. The van der Waals surface area contributed by atoms with Crippen LogP contribution in [0, 0.1) is 0 Å².